The van der Waals surface area contributed by atoms with Gasteiger partial charge in [-0.15, -0.1) is 0 Å². The molecule has 0 spiro atoms. The fourth-order valence-electron chi connectivity index (χ4n) is 9.68. The molecule has 2 fully saturated rings. The van der Waals surface area contributed by atoms with E-state index in [1.165, 1.54) is 25.7 Å². The highest BCUT2D eigenvalue weighted by atomic mass is 16.6. The number of fused-ring (bicyclic) bond motifs is 4. The minimum absolute atomic E-state index is 0.0376. The van der Waals surface area contributed by atoms with Gasteiger partial charge in [-0.05, 0) is 42.4 Å². The summed E-state index contributed by atoms with van der Waals surface area (Å²) in [5.41, 5.74) is -6.09. The first kappa shape index (κ1) is 33.2. The fourth-order valence-corrected chi connectivity index (χ4v) is 9.68. The van der Waals surface area contributed by atoms with Crippen molar-refractivity contribution in [3.63, 3.8) is 0 Å². The van der Waals surface area contributed by atoms with Crippen LogP contribution in [0.25, 0.3) is 0 Å². The lowest BCUT2D eigenvalue weighted by molar-refractivity contribution is -0.260. The van der Waals surface area contributed by atoms with Crippen LogP contribution in [0.4, 0.5) is 0 Å². The average Bonchev–Trinajstić information content (AvgIpc) is 3.68. The zero-order valence-electron chi connectivity index (χ0n) is 28.3. The van der Waals surface area contributed by atoms with Crippen molar-refractivity contribution in [2.75, 3.05) is 7.11 Å². The monoisotopic (exact) mass is 652 g/mol. The molecule has 47 heavy (non-hydrogen) atoms. The van der Waals surface area contributed by atoms with Crippen molar-refractivity contribution in [1.29, 1.82) is 0 Å². The summed E-state index contributed by atoms with van der Waals surface area (Å²) in [5.74, 6) is -5.10. The van der Waals surface area contributed by atoms with Gasteiger partial charge in [0.1, 0.15) is 12.2 Å². The number of methoxy groups -OCH3 is 1. The molecule has 0 aromatic carbocycles. The van der Waals surface area contributed by atoms with Crippen LogP contribution < -0.4 is 0 Å². The van der Waals surface area contributed by atoms with E-state index < -0.39 is 87.1 Å². The van der Waals surface area contributed by atoms with Crippen LogP contribution in [0.3, 0.4) is 0 Å². The summed E-state index contributed by atoms with van der Waals surface area (Å²) in [5, 5.41) is 13.2. The SMILES string of the molecule is CC[C@H](C)C(=O)O[C@H]1[C@@]2(C)C[C@]3(OC(=O)C(C)C)[C@@]1(O)C(=O)C1=C(CC[C@]4(C)C1=CC(=O)O[C@H]4c1ccoc1)[C@]3(C)[C@H]2CC(=O)OC. The zero-order valence-corrected chi connectivity index (χ0v) is 28.3. The van der Waals surface area contributed by atoms with Crippen molar-refractivity contribution < 1.29 is 52.4 Å². The van der Waals surface area contributed by atoms with Gasteiger partial charge in [0.15, 0.2) is 5.60 Å². The largest absolute Gasteiger partial charge is 0.472 e. The molecule has 4 aliphatic carbocycles. The molecule has 0 unspecified atom stereocenters. The number of hydrogen-bond acceptors (Lipinski definition) is 11. The Morgan fingerprint density at radius 2 is 1.81 bits per heavy atom. The maximum Gasteiger partial charge on any atom is 0.331 e. The number of aliphatic hydroxyl groups is 1. The van der Waals surface area contributed by atoms with E-state index in [2.05, 4.69) is 0 Å². The number of rotatable bonds is 8. The molecule has 0 saturated heterocycles. The number of carbonyl (C=O) groups excluding carboxylic acids is 5. The lowest BCUT2D eigenvalue weighted by atomic mass is 9.43. The molecule has 5 aliphatic rings. The van der Waals surface area contributed by atoms with E-state index in [-0.39, 0.29) is 18.4 Å². The molecule has 11 nitrogen and oxygen atoms in total. The molecule has 2 saturated carbocycles. The van der Waals surface area contributed by atoms with Gasteiger partial charge in [-0.3, -0.25) is 19.2 Å². The third kappa shape index (κ3) is 4.04. The second-order valence-electron chi connectivity index (χ2n) is 15.0. The Morgan fingerprint density at radius 1 is 1.11 bits per heavy atom. The van der Waals surface area contributed by atoms with Gasteiger partial charge in [-0.1, -0.05) is 48.5 Å². The Labute approximate surface area is 274 Å². The first-order valence-corrected chi connectivity index (χ1v) is 16.4. The minimum Gasteiger partial charge on any atom is -0.472 e. The standard InChI is InChI=1S/C36H44O11/c1-9-19(4)30(41)46-31-33(6)17-35(47-29(40)18(2)3)34(7,23(33)15-24(37)43-8)21-10-12-32(5)22(26(21)27(39)36(31,35)42)14-25(38)45-28(32)20-11-13-44-16-20/h11,13-14,16,18-19,23,28,31,42H,9-10,12,15,17H2,1-8H3/t19-,23-,28-,31-,32+,33-,34+,35+,36+/m0/s1. The number of esters is 4. The maximum absolute atomic E-state index is 15.3. The van der Waals surface area contributed by atoms with Crippen LogP contribution in [-0.4, -0.2) is 59.2 Å². The summed E-state index contributed by atoms with van der Waals surface area (Å²) >= 11 is 0. The summed E-state index contributed by atoms with van der Waals surface area (Å²) in [6.07, 6.45) is 3.02. The van der Waals surface area contributed by atoms with Crippen molar-refractivity contribution in [1.82, 2.24) is 0 Å². The molecule has 0 amide bonds. The molecular weight excluding hydrogens is 608 g/mol. The van der Waals surface area contributed by atoms with Crippen LogP contribution in [0.2, 0.25) is 0 Å². The third-order valence-corrected chi connectivity index (χ3v) is 12.4. The number of ether oxygens (including phenoxy) is 4. The van der Waals surface area contributed by atoms with Gasteiger partial charge in [-0.2, -0.15) is 0 Å². The van der Waals surface area contributed by atoms with E-state index in [9.17, 15) is 24.3 Å². The summed E-state index contributed by atoms with van der Waals surface area (Å²) in [6.45, 7) is 12.3. The first-order chi connectivity index (χ1) is 22.0. The number of ketones is 1. The molecule has 9 atom stereocenters. The van der Waals surface area contributed by atoms with Gasteiger partial charge in [0.2, 0.25) is 11.4 Å². The molecule has 254 valence electrons. The summed E-state index contributed by atoms with van der Waals surface area (Å²) in [4.78, 5) is 68.7. The van der Waals surface area contributed by atoms with Gasteiger partial charge < -0.3 is 28.5 Å². The predicted octanol–water partition coefficient (Wildman–Crippen LogP) is 4.72. The van der Waals surface area contributed by atoms with Crippen molar-refractivity contribution in [2.24, 2.45) is 34.0 Å². The van der Waals surface area contributed by atoms with Crippen molar-refractivity contribution in [3.8, 4) is 0 Å². The first-order valence-electron chi connectivity index (χ1n) is 16.4. The molecule has 1 aromatic heterocycles. The van der Waals surface area contributed by atoms with E-state index >= 15 is 4.79 Å². The van der Waals surface area contributed by atoms with E-state index in [0.29, 0.717) is 36.0 Å². The molecule has 1 aromatic rings. The highest BCUT2D eigenvalue weighted by molar-refractivity contribution is 6.12. The Kier molecular flexibility index (Phi) is 7.51. The molecule has 1 N–H and O–H groups in total. The van der Waals surface area contributed by atoms with Crippen LogP contribution in [0.1, 0.15) is 92.2 Å². The molecule has 0 radical (unpaired) electrons. The lowest BCUT2D eigenvalue weighted by Crippen LogP contribution is -2.77. The Balaban J connectivity index is 1.65. The van der Waals surface area contributed by atoms with Gasteiger partial charge >= 0.3 is 23.9 Å². The van der Waals surface area contributed by atoms with Gasteiger partial charge in [0.05, 0.1) is 31.5 Å². The number of furan rings is 1. The molecule has 6 rings (SSSR count). The topological polar surface area (TPSA) is 156 Å². The van der Waals surface area contributed by atoms with Crippen LogP contribution in [0.15, 0.2) is 45.8 Å². The minimum atomic E-state index is -2.54. The van der Waals surface area contributed by atoms with E-state index in [1.54, 1.807) is 33.8 Å². The Bertz CT molecular complexity index is 1620. The molecule has 2 bridgehead atoms. The highest BCUT2D eigenvalue weighted by Gasteiger charge is 2.91. The Morgan fingerprint density at radius 3 is 2.40 bits per heavy atom. The molecule has 2 heterocycles. The van der Waals surface area contributed by atoms with E-state index in [1.807, 2.05) is 20.8 Å². The van der Waals surface area contributed by atoms with Gasteiger partial charge in [-0.25, -0.2) is 4.79 Å². The average molecular weight is 653 g/mol. The summed E-state index contributed by atoms with van der Waals surface area (Å²) in [6, 6.07) is 1.70. The van der Waals surface area contributed by atoms with Crippen LogP contribution in [0.5, 0.6) is 0 Å². The third-order valence-electron chi connectivity index (χ3n) is 12.4. The van der Waals surface area contributed by atoms with E-state index in [4.69, 9.17) is 23.4 Å². The number of cyclic esters (lactones) is 1. The van der Waals surface area contributed by atoms with Gasteiger partial charge in [0.25, 0.3) is 0 Å². The molecular formula is C36H44O11. The van der Waals surface area contributed by atoms with Crippen molar-refractivity contribution in [2.45, 2.75) is 104 Å². The van der Waals surface area contributed by atoms with Crippen molar-refractivity contribution in [3.05, 3.63) is 47.0 Å². The van der Waals surface area contributed by atoms with Crippen LogP contribution in [0, 0.1) is 34.0 Å². The molecule has 11 heteroatoms. The number of hydrogen-bond donors (Lipinski definition) is 1. The second-order valence-corrected chi connectivity index (χ2v) is 15.0. The number of Topliss-reactive ketones (excluding diaryl/α,β-unsaturated/α-hetero) is 1. The van der Waals surface area contributed by atoms with Gasteiger partial charge in [0, 0.05) is 46.3 Å². The zero-order chi connectivity index (χ0) is 34.5. The Hall–Kier alpha value is -3.73. The molecule has 1 aliphatic heterocycles. The predicted molar refractivity (Wildman–Crippen MR) is 164 cm³/mol. The normalized spacial score (nSPS) is 39.1. The highest BCUT2D eigenvalue weighted by Crippen LogP contribution is 2.80. The fraction of sp³-hybridized carbons (Fsp3) is 0.639. The summed E-state index contributed by atoms with van der Waals surface area (Å²) < 4.78 is 28.9. The van der Waals surface area contributed by atoms with Crippen LogP contribution >= 0.6 is 0 Å². The lowest BCUT2D eigenvalue weighted by Gasteiger charge is -2.63. The number of carbonyl (C=O) groups is 5. The maximum atomic E-state index is 15.3. The van der Waals surface area contributed by atoms with Crippen LogP contribution in [-0.2, 0) is 42.9 Å². The second kappa shape index (κ2) is 10.6. The smallest absolute Gasteiger partial charge is 0.331 e. The van der Waals surface area contributed by atoms with Crippen molar-refractivity contribution >= 4 is 29.7 Å². The summed E-state index contributed by atoms with van der Waals surface area (Å²) in [7, 11) is 1.28. The van der Waals surface area contributed by atoms with E-state index in [0.717, 1.165) is 0 Å². The quantitative estimate of drug-likeness (QED) is 0.306.